The summed E-state index contributed by atoms with van der Waals surface area (Å²) in [5.41, 5.74) is 4.03. The van der Waals surface area contributed by atoms with Crippen molar-refractivity contribution in [3.8, 4) is 17.6 Å². The van der Waals surface area contributed by atoms with E-state index < -0.39 is 0 Å². The van der Waals surface area contributed by atoms with Crippen LogP contribution in [0.4, 0.5) is 0 Å². The van der Waals surface area contributed by atoms with Gasteiger partial charge < -0.3 is 9.47 Å². The minimum atomic E-state index is -0.226. The maximum atomic E-state index is 11.9. The minimum Gasteiger partial charge on any atom is -0.494 e. The van der Waals surface area contributed by atoms with Gasteiger partial charge in [-0.3, -0.25) is 4.79 Å². The van der Waals surface area contributed by atoms with Crippen LogP contribution in [0.15, 0.2) is 53.6 Å². The lowest BCUT2D eigenvalue weighted by molar-refractivity contribution is -0.120. The molecule has 0 fully saturated rings. The molecule has 0 bridgehead atoms. The number of carbonyl (C=O) groups is 1. The maximum absolute atomic E-state index is 11.9. The highest BCUT2D eigenvalue weighted by atomic mass is 16.5. The summed E-state index contributed by atoms with van der Waals surface area (Å²) in [4.78, 5) is 11.9. The molecule has 0 aromatic heterocycles. The second kappa shape index (κ2) is 9.73. The standard InChI is InChI=1S/C19H19N3O3/c1-2-24-17-9-7-15(8-10-17)13-19(23)22-21-14-16-5-3-4-6-18(16)25-12-11-20/h3-10,14H,2,12-13H2,1H3,(H,22,23)/b21-14+. The molecule has 128 valence electrons. The fourth-order valence-electron chi connectivity index (χ4n) is 2.10. The molecule has 1 N–H and O–H groups in total. The molecule has 0 atom stereocenters. The van der Waals surface area contributed by atoms with E-state index in [1.807, 2.05) is 43.3 Å². The number of hydrazone groups is 1. The molecule has 0 aliphatic heterocycles. The zero-order valence-corrected chi connectivity index (χ0v) is 13.9. The van der Waals surface area contributed by atoms with Crippen LogP contribution in [-0.2, 0) is 11.2 Å². The van der Waals surface area contributed by atoms with Gasteiger partial charge in [0.15, 0.2) is 6.61 Å². The summed E-state index contributed by atoms with van der Waals surface area (Å²) in [7, 11) is 0. The molecule has 0 saturated carbocycles. The molecule has 0 radical (unpaired) electrons. The molecule has 6 nitrogen and oxygen atoms in total. The Morgan fingerprint density at radius 3 is 2.68 bits per heavy atom. The highest BCUT2D eigenvalue weighted by Crippen LogP contribution is 2.15. The van der Waals surface area contributed by atoms with Gasteiger partial charge in [-0.1, -0.05) is 24.3 Å². The zero-order valence-electron chi connectivity index (χ0n) is 13.9. The van der Waals surface area contributed by atoms with Gasteiger partial charge in [-0.2, -0.15) is 10.4 Å². The fourth-order valence-corrected chi connectivity index (χ4v) is 2.10. The highest BCUT2D eigenvalue weighted by molar-refractivity contribution is 5.85. The number of nitriles is 1. The Kier molecular flexibility index (Phi) is 7.01. The molecule has 2 aromatic carbocycles. The summed E-state index contributed by atoms with van der Waals surface area (Å²) < 4.78 is 10.7. The predicted molar refractivity (Wildman–Crippen MR) is 94.6 cm³/mol. The molecular weight excluding hydrogens is 318 g/mol. The van der Waals surface area contributed by atoms with Crippen molar-refractivity contribution >= 4 is 12.1 Å². The van der Waals surface area contributed by atoms with Gasteiger partial charge in [-0.05, 0) is 36.8 Å². The number of nitrogens with one attached hydrogen (secondary N) is 1. The summed E-state index contributed by atoms with van der Waals surface area (Å²) >= 11 is 0. The van der Waals surface area contributed by atoms with E-state index in [9.17, 15) is 4.79 Å². The van der Waals surface area contributed by atoms with Crippen LogP contribution in [0.5, 0.6) is 11.5 Å². The molecule has 2 rings (SSSR count). The molecule has 0 unspecified atom stereocenters. The Labute approximate surface area is 146 Å². The summed E-state index contributed by atoms with van der Waals surface area (Å²) in [6.45, 7) is 2.48. The van der Waals surface area contributed by atoms with Crippen molar-refractivity contribution in [1.82, 2.24) is 5.43 Å². The van der Waals surface area contributed by atoms with E-state index >= 15 is 0 Å². The lowest BCUT2D eigenvalue weighted by Crippen LogP contribution is -2.19. The smallest absolute Gasteiger partial charge is 0.244 e. The third-order valence-corrected chi connectivity index (χ3v) is 3.20. The molecule has 0 aliphatic rings. The van der Waals surface area contributed by atoms with E-state index in [1.165, 1.54) is 6.21 Å². The molecule has 0 saturated heterocycles. The topological polar surface area (TPSA) is 83.7 Å². The van der Waals surface area contributed by atoms with Gasteiger partial charge in [0.05, 0.1) is 19.2 Å². The van der Waals surface area contributed by atoms with Gasteiger partial charge in [-0.15, -0.1) is 0 Å². The van der Waals surface area contributed by atoms with Crippen LogP contribution >= 0.6 is 0 Å². The maximum Gasteiger partial charge on any atom is 0.244 e. The predicted octanol–water partition coefficient (Wildman–Crippen LogP) is 2.68. The zero-order chi connectivity index (χ0) is 17.9. The quantitative estimate of drug-likeness (QED) is 0.593. The van der Waals surface area contributed by atoms with Crippen LogP contribution in [0.1, 0.15) is 18.1 Å². The van der Waals surface area contributed by atoms with Crippen molar-refractivity contribution in [1.29, 1.82) is 5.26 Å². The van der Waals surface area contributed by atoms with Gasteiger partial charge in [0.2, 0.25) is 5.91 Å². The van der Waals surface area contributed by atoms with Crippen molar-refractivity contribution < 1.29 is 14.3 Å². The number of hydrogen-bond donors (Lipinski definition) is 1. The Balaban J connectivity index is 1.89. The van der Waals surface area contributed by atoms with E-state index in [1.54, 1.807) is 18.2 Å². The lowest BCUT2D eigenvalue weighted by atomic mass is 10.1. The van der Waals surface area contributed by atoms with Crippen LogP contribution in [0, 0.1) is 11.3 Å². The summed E-state index contributed by atoms with van der Waals surface area (Å²) in [6.07, 6.45) is 1.71. The second-order valence-corrected chi connectivity index (χ2v) is 5.03. The molecule has 1 amide bonds. The Hall–Kier alpha value is -3.33. The monoisotopic (exact) mass is 337 g/mol. The van der Waals surface area contributed by atoms with Crippen molar-refractivity contribution in [2.45, 2.75) is 13.3 Å². The molecule has 2 aromatic rings. The number of nitrogens with zero attached hydrogens (tertiary/aromatic N) is 2. The first-order valence-electron chi connectivity index (χ1n) is 7.85. The molecule has 0 spiro atoms. The molecule has 0 aliphatic carbocycles. The first-order chi connectivity index (χ1) is 12.2. The Morgan fingerprint density at radius 2 is 1.96 bits per heavy atom. The van der Waals surface area contributed by atoms with Crippen LogP contribution < -0.4 is 14.9 Å². The summed E-state index contributed by atoms with van der Waals surface area (Å²) in [5, 5.41) is 12.5. The molecular formula is C19H19N3O3. The normalized spacial score (nSPS) is 10.2. The van der Waals surface area contributed by atoms with Crippen LogP contribution in [0.3, 0.4) is 0 Å². The number of ether oxygens (including phenoxy) is 2. The molecule has 0 heterocycles. The van der Waals surface area contributed by atoms with Gasteiger partial charge in [-0.25, -0.2) is 5.43 Å². The average Bonchev–Trinajstić information content (AvgIpc) is 2.63. The minimum absolute atomic E-state index is 0.0467. The largest absolute Gasteiger partial charge is 0.494 e. The number of rotatable bonds is 8. The summed E-state index contributed by atoms with van der Waals surface area (Å²) in [6, 6.07) is 16.4. The third-order valence-electron chi connectivity index (χ3n) is 3.20. The Morgan fingerprint density at radius 1 is 1.20 bits per heavy atom. The highest BCUT2D eigenvalue weighted by Gasteiger charge is 2.03. The lowest BCUT2D eigenvalue weighted by Gasteiger charge is -2.05. The SMILES string of the molecule is CCOc1ccc(CC(=O)N/N=C/c2ccccc2OCC#N)cc1. The van der Waals surface area contributed by atoms with E-state index in [2.05, 4.69) is 10.5 Å². The number of para-hydroxylation sites is 1. The van der Waals surface area contributed by atoms with Crippen LogP contribution in [0.25, 0.3) is 0 Å². The molecule has 6 heteroatoms. The van der Waals surface area contributed by atoms with E-state index in [0.717, 1.165) is 11.3 Å². The van der Waals surface area contributed by atoms with Gasteiger partial charge in [0, 0.05) is 5.56 Å². The van der Waals surface area contributed by atoms with Gasteiger partial charge >= 0.3 is 0 Å². The fraction of sp³-hybridized carbons (Fsp3) is 0.211. The number of carbonyl (C=O) groups excluding carboxylic acids is 1. The third kappa shape index (κ3) is 5.99. The van der Waals surface area contributed by atoms with E-state index in [4.69, 9.17) is 14.7 Å². The van der Waals surface area contributed by atoms with Crippen molar-refractivity contribution in [3.05, 3.63) is 59.7 Å². The average molecular weight is 337 g/mol. The first kappa shape index (κ1) is 18.0. The molecule has 25 heavy (non-hydrogen) atoms. The van der Waals surface area contributed by atoms with Gasteiger partial charge in [0.25, 0.3) is 0 Å². The van der Waals surface area contributed by atoms with Crippen molar-refractivity contribution in [2.24, 2.45) is 5.10 Å². The van der Waals surface area contributed by atoms with E-state index in [0.29, 0.717) is 17.9 Å². The first-order valence-corrected chi connectivity index (χ1v) is 7.85. The van der Waals surface area contributed by atoms with Crippen LogP contribution in [0.2, 0.25) is 0 Å². The summed E-state index contributed by atoms with van der Waals surface area (Å²) in [5.74, 6) is 1.09. The van der Waals surface area contributed by atoms with Crippen LogP contribution in [-0.4, -0.2) is 25.3 Å². The van der Waals surface area contributed by atoms with E-state index in [-0.39, 0.29) is 18.9 Å². The number of hydrogen-bond acceptors (Lipinski definition) is 5. The Bertz CT molecular complexity index is 764. The van der Waals surface area contributed by atoms with Gasteiger partial charge in [0.1, 0.15) is 17.6 Å². The second-order valence-electron chi connectivity index (χ2n) is 5.03. The number of benzene rings is 2. The van der Waals surface area contributed by atoms with Crippen molar-refractivity contribution in [2.75, 3.05) is 13.2 Å². The van der Waals surface area contributed by atoms with Crippen molar-refractivity contribution in [3.63, 3.8) is 0 Å². The number of amides is 1.